The van der Waals surface area contributed by atoms with Crippen molar-refractivity contribution in [3.63, 3.8) is 0 Å². The maximum Gasteiger partial charge on any atom is 0.271 e. The molecule has 1 atom stereocenters. The van der Waals surface area contributed by atoms with Gasteiger partial charge in [0.2, 0.25) is 0 Å². The summed E-state index contributed by atoms with van der Waals surface area (Å²) in [6, 6.07) is 10.3. The van der Waals surface area contributed by atoms with E-state index in [0.29, 0.717) is 33.6 Å². The Kier molecular flexibility index (Phi) is 5.74. The number of hydrogen-bond acceptors (Lipinski definition) is 8. The van der Waals surface area contributed by atoms with E-state index in [9.17, 15) is 9.59 Å². The van der Waals surface area contributed by atoms with E-state index in [2.05, 4.69) is 15.0 Å². The minimum atomic E-state index is -0.766. The van der Waals surface area contributed by atoms with E-state index < -0.39 is 12.0 Å². The fraction of sp³-hybridized carbons (Fsp3) is 0.160. The Balaban J connectivity index is 1.67. The lowest BCUT2D eigenvalue weighted by Crippen LogP contribution is -2.17. The number of pyridine rings is 2. The SMILES string of the molecule is Cc1cc([C@@H](C)Oc2ccc(Cl)nc2C(N)=O)c2oc(-c3ccc4ncsc4n3)c(C)c(=O)c2c1. The zero-order chi connectivity index (χ0) is 24.9. The molecule has 4 heterocycles. The molecule has 1 aromatic carbocycles. The van der Waals surface area contributed by atoms with Crippen LogP contribution in [0.25, 0.3) is 32.8 Å². The number of aryl methyl sites for hydroxylation is 1. The average Bonchev–Trinajstić information content (AvgIpc) is 3.30. The minimum absolute atomic E-state index is 0.0821. The van der Waals surface area contributed by atoms with Crippen LogP contribution in [0.4, 0.5) is 0 Å². The normalized spacial score (nSPS) is 12.2. The van der Waals surface area contributed by atoms with Gasteiger partial charge >= 0.3 is 0 Å². The first kappa shape index (κ1) is 22.9. The Morgan fingerprint density at radius 2 is 1.97 bits per heavy atom. The third kappa shape index (κ3) is 4.13. The van der Waals surface area contributed by atoms with Crippen LogP contribution in [-0.2, 0) is 0 Å². The van der Waals surface area contributed by atoms with Crippen molar-refractivity contribution < 1.29 is 13.9 Å². The van der Waals surface area contributed by atoms with Gasteiger partial charge in [0.15, 0.2) is 22.6 Å². The number of aromatic nitrogens is 3. The summed E-state index contributed by atoms with van der Waals surface area (Å²) in [6.07, 6.45) is -0.617. The standard InChI is InChI=1S/C25H19ClN4O4S/c1-11-8-14(13(3)33-18-6-7-19(26)30-20(18)24(27)32)23-15(9-11)21(31)12(2)22(34-23)16-4-5-17-25(29-16)35-10-28-17/h4-10,13H,1-3H3,(H2,27,32)/t13-/m1/s1. The zero-order valence-electron chi connectivity index (χ0n) is 19.0. The number of nitrogens with two attached hydrogens (primary N) is 1. The number of carbonyl (C=O) groups excluding carboxylic acids is 1. The van der Waals surface area contributed by atoms with Gasteiger partial charge in [-0.1, -0.05) is 11.6 Å². The molecule has 0 saturated carbocycles. The van der Waals surface area contributed by atoms with Gasteiger partial charge in [-0.25, -0.2) is 15.0 Å². The van der Waals surface area contributed by atoms with Crippen LogP contribution >= 0.6 is 22.9 Å². The number of amides is 1. The van der Waals surface area contributed by atoms with Crippen LogP contribution in [0.1, 0.15) is 40.2 Å². The van der Waals surface area contributed by atoms with Crippen molar-refractivity contribution in [2.45, 2.75) is 26.9 Å². The van der Waals surface area contributed by atoms with Crippen molar-refractivity contribution in [3.8, 4) is 17.2 Å². The Morgan fingerprint density at radius 1 is 1.17 bits per heavy atom. The highest BCUT2D eigenvalue weighted by Gasteiger charge is 2.22. The van der Waals surface area contributed by atoms with Crippen molar-refractivity contribution in [1.29, 1.82) is 0 Å². The summed E-state index contributed by atoms with van der Waals surface area (Å²) in [4.78, 5) is 38.9. The lowest BCUT2D eigenvalue weighted by atomic mass is 10.0. The topological polar surface area (TPSA) is 121 Å². The van der Waals surface area contributed by atoms with E-state index in [-0.39, 0.29) is 22.0 Å². The van der Waals surface area contributed by atoms with Crippen molar-refractivity contribution in [1.82, 2.24) is 15.0 Å². The van der Waals surface area contributed by atoms with Gasteiger partial charge in [0.05, 0.1) is 16.4 Å². The number of hydrogen-bond donors (Lipinski definition) is 1. The summed E-state index contributed by atoms with van der Waals surface area (Å²) in [5.41, 5.74) is 10.6. The summed E-state index contributed by atoms with van der Waals surface area (Å²) >= 11 is 7.33. The molecule has 176 valence electrons. The molecule has 0 saturated heterocycles. The molecule has 0 fully saturated rings. The first-order valence-corrected chi connectivity index (χ1v) is 11.9. The molecule has 0 spiro atoms. The lowest BCUT2D eigenvalue weighted by Gasteiger charge is -2.19. The first-order chi connectivity index (χ1) is 16.7. The second kappa shape index (κ2) is 8.75. The molecular weight excluding hydrogens is 488 g/mol. The summed E-state index contributed by atoms with van der Waals surface area (Å²) in [5.74, 6) is -0.213. The quantitative estimate of drug-likeness (QED) is 0.318. The van der Waals surface area contributed by atoms with Gasteiger partial charge < -0.3 is 14.9 Å². The molecule has 4 aromatic heterocycles. The number of halogens is 1. The van der Waals surface area contributed by atoms with Crippen LogP contribution in [0.5, 0.6) is 5.75 Å². The maximum absolute atomic E-state index is 13.4. The molecule has 8 nitrogen and oxygen atoms in total. The molecule has 0 aliphatic carbocycles. The second-order valence-electron chi connectivity index (χ2n) is 8.09. The van der Waals surface area contributed by atoms with Crippen LogP contribution in [-0.4, -0.2) is 20.9 Å². The summed E-state index contributed by atoms with van der Waals surface area (Å²) in [5, 5.41) is 0.552. The van der Waals surface area contributed by atoms with Crippen molar-refractivity contribution in [3.05, 3.63) is 79.7 Å². The second-order valence-corrected chi connectivity index (χ2v) is 9.31. The molecule has 0 aliphatic heterocycles. The first-order valence-electron chi connectivity index (χ1n) is 10.6. The Hall–Kier alpha value is -3.82. The predicted molar refractivity (Wildman–Crippen MR) is 135 cm³/mol. The third-order valence-electron chi connectivity index (χ3n) is 5.62. The molecule has 0 radical (unpaired) electrons. The fourth-order valence-corrected chi connectivity index (χ4v) is 4.75. The van der Waals surface area contributed by atoms with Crippen molar-refractivity contribution >= 4 is 50.2 Å². The number of nitrogens with zero attached hydrogens (tertiary/aromatic N) is 3. The molecule has 0 aliphatic rings. The van der Waals surface area contributed by atoms with Crippen molar-refractivity contribution in [2.75, 3.05) is 0 Å². The summed E-state index contributed by atoms with van der Waals surface area (Å²) in [7, 11) is 0. The molecular formula is C25H19ClN4O4S. The Bertz CT molecular complexity index is 1700. The number of fused-ring (bicyclic) bond motifs is 2. The summed E-state index contributed by atoms with van der Waals surface area (Å²) in [6.45, 7) is 5.39. The van der Waals surface area contributed by atoms with Gasteiger partial charge in [-0.2, -0.15) is 0 Å². The molecule has 35 heavy (non-hydrogen) atoms. The third-order valence-corrected chi connectivity index (χ3v) is 6.57. The van der Waals surface area contributed by atoms with E-state index in [1.165, 1.54) is 23.5 Å². The molecule has 5 rings (SSSR count). The molecule has 0 unspecified atom stereocenters. The highest BCUT2D eigenvalue weighted by molar-refractivity contribution is 7.16. The Labute approximate surface area is 208 Å². The van der Waals surface area contributed by atoms with Crippen LogP contribution in [0.15, 0.2) is 51.1 Å². The molecule has 2 N–H and O–H groups in total. The highest BCUT2D eigenvalue weighted by Crippen LogP contribution is 2.33. The van der Waals surface area contributed by atoms with Crippen LogP contribution < -0.4 is 15.9 Å². The molecule has 10 heteroatoms. The van der Waals surface area contributed by atoms with E-state index in [1.807, 2.05) is 19.1 Å². The number of carbonyl (C=O) groups is 1. The van der Waals surface area contributed by atoms with Crippen LogP contribution in [0, 0.1) is 13.8 Å². The van der Waals surface area contributed by atoms with Gasteiger partial charge in [-0.15, -0.1) is 11.3 Å². The fourth-order valence-electron chi connectivity index (χ4n) is 3.94. The monoisotopic (exact) mass is 506 g/mol. The van der Waals surface area contributed by atoms with E-state index >= 15 is 0 Å². The van der Waals surface area contributed by atoms with Gasteiger partial charge in [0.25, 0.3) is 5.91 Å². The van der Waals surface area contributed by atoms with Crippen molar-refractivity contribution in [2.24, 2.45) is 5.73 Å². The number of benzene rings is 1. The molecule has 1 amide bonds. The van der Waals surface area contributed by atoms with Gasteiger partial charge in [0, 0.05) is 11.1 Å². The van der Waals surface area contributed by atoms with Gasteiger partial charge in [0.1, 0.15) is 27.4 Å². The van der Waals surface area contributed by atoms with E-state index in [0.717, 1.165) is 15.9 Å². The predicted octanol–water partition coefficient (Wildman–Crippen LogP) is 5.37. The largest absolute Gasteiger partial charge is 0.483 e. The Morgan fingerprint density at radius 3 is 2.74 bits per heavy atom. The van der Waals surface area contributed by atoms with Gasteiger partial charge in [-0.05, 0) is 62.7 Å². The van der Waals surface area contributed by atoms with E-state index in [4.69, 9.17) is 26.5 Å². The highest BCUT2D eigenvalue weighted by atomic mass is 35.5. The van der Waals surface area contributed by atoms with E-state index in [1.54, 1.807) is 31.5 Å². The number of rotatable bonds is 5. The van der Waals surface area contributed by atoms with Crippen LogP contribution in [0.3, 0.4) is 0 Å². The molecule has 5 aromatic rings. The minimum Gasteiger partial charge on any atom is -0.483 e. The summed E-state index contributed by atoms with van der Waals surface area (Å²) < 4.78 is 12.4. The van der Waals surface area contributed by atoms with Crippen LogP contribution in [0.2, 0.25) is 5.15 Å². The zero-order valence-corrected chi connectivity index (χ0v) is 20.5. The number of primary amides is 1. The maximum atomic E-state index is 13.4. The molecule has 0 bridgehead atoms. The lowest BCUT2D eigenvalue weighted by molar-refractivity contribution is 0.0988. The van der Waals surface area contributed by atoms with Gasteiger partial charge in [-0.3, -0.25) is 9.59 Å². The smallest absolute Gasteiger partial charge is 0.271 e. The number of thiazole rings is 1. The average molecular weight is 507 g/mol. The number of ether oxygens (including phenoxy) is 1.